The van der Waals surface area contributed by atoms with Gasteiger partial charge in [-0.1, -0.05) is 24.3 Å². The SMILES string of the molecule is Cc1ccccc1C1(CNC(=O)CCC2CCNCC2)CC1.Cl. The largest absolute Gasteiger partial charge is 0.355 e. The van der Waals surface area contributed by atoms with Crippen molar-refractivity contribution in [1.82, 2.24) is 10.6 Å². The number of aryl methyl sites for hydroxylation is 1. The molecule has 0 radical (unpaired) electrons. The molecule has 0 atom stereocenters. The van der Waals surface area contributed by atoms with Gasteiger partial charge in [0.05, 0.1) is 0 Å². The van der Waals surface area contributed by atoms with Gasteiger partial charge in [-0.05, 0) is 69.2 Å². The van der Waals surface area contributed by atoms with Gasteiger partial charge >= 0.3 is 0 Å². The van der Waals surface area contributed by atoms with Crippen molar-refractivity contribution in [2.75, 3.05) is 19.6 Å². The normalized spacial score (nSPS) is 19.7. The average molecular weight is 337 g/mol. The smallest absolute Gasteiger partial charge is 0.220 e. The second-order valence-electron chi connectivity index (χ2n) is 7.10. The number of hydrogen-bond donors (Lipinski definition) is 2. The van der Waals surface area contributed by atoms with Gasteiger partial charge in [-0.15, -0.1) is 12.4 Å². The second-order valence-corrected chi connectivity index (χ2v) is 7.10. The number of hydrogen-bond acceptors (Lipinski definition) is 2. The second kappa shape index (κ2) is 8.16. The molecule has 1 aromatic rings. The lowest BCUT2D eigenvalue weighted by molar-refractivity contribution is -0.121. The van der Waals surface area contributed by atoms with E-state index >= 15 is 0 Å². The molecule has 23 heavy (non-hydrogen) atoms. The summed E-state index contributed by atoms with van der Waals surface area (Å²) >= 11 is 0. The monoisotopic (exact) mass is 336 g/mol. The summed E-state index contributed by atoms with van der Waals surface area (Å²) in [6, 6.07) is 8.60. The number of carbonyl (C=O) groups excluding carboxylic acids is 1. The zero-order valence-electron chi connectivity index (χ0n) is 14.1. The minimum absolute atomic E-state index is 0. The summed E-state index contributed by atoms with van der Waals surface area (Å²) in [7, 11) is 0. The lowest BCUT2D eigenvalue weighted by atomic mass is 9.91. The highest BCUT2D eigenvalue weighted by molar-refractivity contribution is 5.85. The lowest BCUT2D eigenvalue weighted by Gasteiger charge is -2.23. The Balaban J connectivity index is 0.00000192. The molecule has 0 aromatic heterocycles. The molecule has 3 nitrogen and oxygen atoms in total. The fourth-order valence-electron chi connectivity index (χ4n) is 3.72. The molecular weight excluding hydrogens is 308 g/mol. The molecular formula is C19H29ClN2O. The van der Waals surface area contributed by atoms with Crippen LogP contribution in [0.3, 0.4) is 0 Å². The summed E-state index contributed by atoms with van der Waals surface area (Å²) in [5.74, 6) is 0.969. The quantitative estimate of drug-likeness (QED) is 0.836. The fourth-order valence-corrected chi connectivity index (χ4v) is 3.72. The standard InChI is InChI=1S/C19H28N2O.ClH/c1-15-4-2-3-5-17(15)19(10-11-19)14-21-18(22)7-6-16-8-12-20-13-9-16;/h2-5,16,20H,6-14H2,1H3,(H,21,22);1H. The van der Waals surface area contributed by atoms with Crippen molar-refractivity contribution in [1.29, 1.82) is 0 Å². The molecule has 128 valence electrons. The van der Waals surface area contributed by atoms with E-state index in [0.717, 1.165) is 32.0 Å². The topological polar surface area (TPSA) is 41.1 Å². The third-order valence-corrected chi connectivity index (χ3v) is 5.43. The van der Waals surface area contributed by atoms with E-state index in [4.69, 9.17) is 0 Å². The van der Waals surface area contributed by atoms with Gasteiger partial charge in [-0.25, -0.2) is 0 Å². The molecule has 1 heterocycles. The molecule has 0 spiro atoms. The van der Waals surface area contributed by atoms with Gasteiger partial charge in [-0.3, -0.25) is 4.79 Å². The van der Waals surface area contributed by atoms with Crippen LogP contribution in [0.2, 0.25) is 0 Å². The number of piperidine rings is 1. The maximum atomic E-state index is 12.1. The first-order valence-electron chi connectivity index (χ1n) is 8.73. The molecule has 1 aliphatic carbocycles. The molecule has 0 bridgehead atoms. The lowest BCUT2D eigenvalue weighted by Crippen LogP contribution is -2.33. The van der Waals surface area contributed by atoms with Crippen LogP contribution in [0.1, 0.15) is 49.7 Å². The molecule has 2 fully saturated rings. The van der Waals surface area contributed by atoms with Gasteiger partial charge in [0, 0.05) is 18.4 Å². The molecule has 1 aliphatic heterocycles. The van der Waals surface area contributed by atoms with Crippen molar-refractivity contribution in [2.24, 2.45) is 5.92 Å². The number of carbonyl (C=O) groups is 1. The molecule has 1 saturated heterocycles. The van der Waals surface area contributed by atoms with E-state index in [1.807, 2.05) is 0 Å². The summed E-state index contributed by atoms with van der Waals surface area (Å²) in [5.41, 5.74) is 2.99. The van der Waals surface area contributed by atoms with Crippen molar-refractivity contribution in [3.05, 3.63) is 35.4 Å². The van der Waals surface area contributed by atoms with Crippen molar-refractivity contribution >= 4 is 18.3 Å². The molecule has 1 amide bonds. The molecule has 4 heteroatoms. The van der Waals surface area contributed by atoms with E-state index in [2.05, 4.69) is 41.8 Å². The number of halogens is 1. The molecule has 2 N–H and O–H groups in total. The van der Waals surface area contributed by atoms with Gasteiger partial charge in [0.15, 0.2) is 0 Å². The third kappa shape index (κ3) is 4.71. The van der Waals surface area contributed by atoms with Crippen LogP contribution >= 0.6 is 12.4 Å². The highest BCUT2D eigenvalue weighted by Gasteiger charge is 2.44. The van der Waals surface area contributed by atoms with Crippen molar-refractivity contribution in [3.8, 4) is 0 Å². The third-order valence-electron chi connectivity index (χ3n) is 5.43. The highest BCUT2D eigenvalue weighted by Crippen LogP contribution is 2.48. The molecule has 2 aliphatic rings. The zero-order chi connectivity index (χ0) is 15.4. The van der Waals surface area contributed by atoms with Crippen LogP contribution in [0.15, 0.2) is 24.3 Å². The van der Waals surface area contributed by atoms with Gasteiger partial charge < -0.3 is 10.6 Å². The Bertz CT molecular complexity index is 522. The molecule has 3 rings (SSSR count). The molecule has 0 unspecified atom stereocenters. The minimum Gasteiger partial charge on any atom is -0.355 e. The van der Waals surface area contributed by atoms with Crippen LogP contribution in [-0.2, 0) is 10.2 Å². The maximum absolute atomic E-state index is 12.1. The minimum atomic E-state index is 0. The molecule has 1 saturated carbocycles. The maximum Gasteiger partial charge on any atom is 0.220 e. The van der Waals surface area contributed by atoms with Gasteiger partial charge in [0.25, 0.3) is 0 Å². The van der Waals surface area contributed by atoms with E-state index in [0.29, 0.717) is 6.42 Å². The number of nitrogens with one attached hydrogen (secondary N) is 2. The summed E-state index contributed by atoms with van der Waals surface area (Å²) < 4.78 is 0. The van der Waals surface area contributed by atoms with E-state index in [-0.39, 0.29) is 23.7 Å². The fraction of sp³-hybridized carbons (Fsp3) is 0.632. The number of benzene rings is 1. The Morgan fingerprint density at radius 3 is 2.61 bits per heavy atom. The Morgan fingerprint density at radius 2 is 1.96 bits per heavy atom. The van der Waals surface area contributed by atoms with Crippen LogP contribution in [0, 0.1) is 12.8 Å². The highest BCUT2D eigenvalue weighted by atomic mass is 35.5. The summed E-state index contributed by atoms with van der Waals surface area (Å²) in [5, 5.41) is 6.57. The Hall–Kier alpha value is -1.06. The summed E-state index contributed by atoms with van der Waals surface area (Å²) in [6.07, 6.45) is 6.58. The number of rotatable bonds is 6. The molecule has 1 aromatic carbocycles. The number of amides is 1. The summed E-state index contributed by atoms with van der Waals surface area (Å²) in [4.78, 5) is 12.1. The van der Waals surface area contributed by atoms with Gasteiger partial charge in [0.1, 0.15) is 0 Å². The van der Waals surface area contributed by atoms with Gasteiger partial charge in [0.2, 0.25) is 5.91 Å². The Labute approximate surface area is 146 Å². The zero-order valence-corrected chi connectivity index (χ0v) is 14.9. The van der Waals surface area contributed by atoms with E-state index in [9.17, 15) is 4.79 Å². The Morgan fingerprint density at radius 1 is 1.26 bits per heavy atom. The van der Waals surface area contributed by atoms with Gasteiger partial charge in [-0.2, -0.15) is 0 Å². The van der Waals surface area contributed by atoms with Crippen LogP contribution in [-0.4, -0.2) is 25.5 Å². The van der Waals surface area contributed by atoms with E-state index < -0.39 is 0 Å². The van der Waals surface area contributed by atoms with Crippen molar-refractivity contribution < 1.29 is 4.79 Å². The first-order valence-corrected chi connectivity index (χ1v) is 8.73. The van der Waals surface area contributed by atoms with E-state index in [1.54, 1.807) is 0 Å². The van der Waals surface area contributed by atoms with Crippen LogP contribution in [0.4, 0.5) is 0 Å². The van der Waals surface area contributed by atoms with Crippen LogP contribution in [0.25, 0.3) is 0 Å². The van der Waals surface area contributed by atoms with Crippen LogP contribution < -0.4 is 10.6 Å². The average Bonchev–Trinajstić information content (AvgIpc) is 3.33. The predicted molar refractivity (Wildman–Crippen MR) is 97.2 cm³/mol. The summed E-state index contributed by atoms with van der Waals surface area (Å²) in [6.45, 7) is 5.21. The first-order chi connectivity index (χ1) is 10.7. The van der Waals surface area contributed by atoms with E-state index in [1.165, 1.54) is 36.8 Å². The first kappa shape index (κ1) is 18.3. The van der Waals surface area contributed by atoms with Crippen LogP contribution in [0.5, 0.6) is 0 Å². The predicted octanol–water partition coefficient (Wildman–Crippen LogP) is 3.34. The Kier molecular flexibility index (Phi) is 6.49. The van der Waals surface area contributed by atoms with Crippen molar-refractivity contribution in [2.45, 2.75) is 50.9 Å². The van der Waals surface area contributed by atoms with Crippen molar-refractivity contribution in [3.63, 3.8) is 0 Å².